The van der Waals surface area contributed by atoms with E-state index in [1.165, 1.54) is 5.56 Å². The molecule has 2 amide bonds. The van der Waals surface area contributed by atoms with E-state index in [0.717, 1.165) is 22.0 Å². The molecule has 1 N–H and O–H groups in total. The summed E-state index contributed by atoms with van der Waals surface area (Å²) in [5, 5.41) is 5.72. The van der Waals surface area contributed by atoms with Gasteiger partial charge in [-0.15, -0.1) is 11.3 Å². The lowest BCUT2D eigenvalue weighted by molar-refractivity contribution is 0.198. The summed E-state index contributed by atoms with van der Waals surface area (Å²) in [4.78, 5) is 18.3. The molecule has 130 valence electrons. The fourth-order valence-electron chi connectivity index (χ4n) is 2.29. The lowest BCUT2D eigenvalue weighted by Gasteiger charge is -2.19. The van der Waals surface area contributed by atoms with E-state index >= 15 is 0 Å². The summed E-state index contributed by atoms with van der Waals surface area (Å²) in [7, 11) is 0. The molecule has 1 heterocycles. The van der Waals surface area contributed by atoms with Gasteiger partial charge in [-0.2, -0.15) is 0 Å². The van der Waals surface area contributed by atoms with Gasteiger partial charge in [0.2, 0.25) is 0 Å². The second-order valence-corrected chi connectivity index (χ2v) is 6.51. The standard InChI is InChI=1S/C18H25N3O2S/c1-5-19-18(22)21(6-2)10-15-12-24-17(20-15)11-23-16-9-7-8-13(3)14(16)4/h7-9,12H,5-6,10-11H2,1-4H3,(H,19,22). The summed E-state index contributed by atoms with van der Waals surface area (Å²) in [5.41, 5.74) is 3.27. The minimum Gasteiger partial charge on any atom is -0.486 e. The van der Waals surface area contributed by atoms with Crippen molar-refractivity contribution in [2.45, 2.75) is 40.8 Å². The number of benzene rings is 1. The van der Waals surface area contributed by atoms with Gasteiger partial charge >= 0.3 is 6.03 Å². The minimum atomic E-state index is -0.0545. The van der Waals surface area contributed by atoms with Gasteiger partial charge in [-0.3, -0.25) is 0 Å². The topological polar surface area (TPSA) is 54.5 Å². The number of carbonyl (C=O) groups excluding carboxylic acids is 1. The summed E-state index contributed by atoms with van der Waals surface area (Å²) in [6, 6.07) is 5.99. The first kappa shape index (κ1) is 18.3. The van der Waals surface area contributed by atoms with Crippen molar-refractivity contribution in [1.29, 1.82) is 0 Å². The number of nitrogens with one attached hydrogen (secondary N) is 1. The van der Waals surface area contributed by atoms with Crippen molar-refractivity contribution >= 4 is 17.4 Å². The Kier molecular flexibility index (Phi) is 6.61. The minimum absolute atomic E-state index is 0.0545. The first-order chi connectivity index (χ1) is 11.5. The Morgan fingerprint density at radius 3 is 2.83 bits per heavy atom. The summed E-state index contributed by atoms with van der Waals surface area (Å²) in [6.45, 7) is 10.3. The number of hydrogen-bond donors (Lipinski definition) is 1. The van der Waals surface area contributed by atoms with Crippen LogP contribution in [0.1, 0.15) is 35.7 Å². The van der Waals surface area contributed by atoms with Crippen LogP contribution < -0.4 is 10.1 Å². The third-order valence-corrected chi connectivity index (χ3v) is 4.73. The van der Waals surface area contributed by atoms with Gasteiger partial charge in [0.05, 0.1) is 12.2 Å². The van der Waals surface area contributed by atoms with Gasteiger partial charge in [-0.25, -0.2) is 9.78 Å². The fraction of sp³-hybridized carbons (Fsp3) is 0.444. The molecule has 0 bridgehead atoms. The number of nitrogens with zero attached hydrogens (tertiary/aromatic N) is 2. The number of amides is 2. The molecule has 0 aliphatic heterocycles. The van der Waals surface area contributed by atoms with Crippen LogP contribution in [0.3, 0.4) is 0 Å². The molecule has 1 aromatic heterocycles. The van der Waals surface area contributed by atoms with E-state index in [0.29, 0.717) is 26.2 Å². The Labute approximate surface area is 147 Å². The SMILES string of the molecule is CCNC(=O)N(CC)Cc1csc(COc2cccc(C)c2C)n1. The number of aromatic nitrogens is 1. The Morgan fingerprint density at radius 2 is 2.12 bits per heavy atom. The number of aryl methyl sites for hydroxylation is 1. The molecule has 0 atom stereocenters. The number of ether oxygens (including phenoxy) is 1. The van der Waals surface area contributed by atoms with Gasteiger partial charge < -0.3 is 15.0 Å². The highest BCUT2D eigenvalue weighted by Crippen LogP contribution is 2.22. The first-order valence-electron chi connectivity index (χ1n) is 8.20. The first-order valence-corrected chi connectivity index (χ1v) is 9.08. The van der Waals surface area contributed by atoms with Crippen LogP contribution in [0.5, 0.6) is 5.75 Å². The van der Waals surface area contributed by atoms with Crippen LogP contribution in [-0.2, 0) is 13.2 Å². The van der Waals surface area contributed by atoms with Crippen LogP contribution in [-0.4, -0.2) is 29.0 Å². The van der Waals surface area contributed by atoms with E-state index in [2.05, 4.69) is 30.2 Å². The van der Waals surface area contributed by atoms with Gasteiger partial charge in [0.1, 0.15) is 17.4 Å². The highest BCUT2D eigenvalue weighted by molar-refractivity contribution is 7.09. The zero-order chi connectivity index (χ0) is 17.5. The van der Waals surface area contributed by atoms with Crippen LogP contribution in [0.2, 0.25) is 0 Å². The molecule has 1 aromatic carbocycles. The van der Waals surface area contributed by atoms with Crippen molar-refractivity contribution in [1.82, 2.24) is 15.2 Å². The maximum Gasteiger partial charge on any atom is 0.317 e. The van der Waals surface area contributed by atoms with Crippen molar-refractivity contribution in [3.8, 4) is 5.75 Å². The zero-order valence-electron chi connectivity index (χ0n) is 14.8. The van der Waals surface area contributed by atoms with E-state index in [-0.39, 0.29) is 6.03 Å². The molecular weight excluding hydrogens is 322 g/mol. The molecule has 2 aromatic rings. The Balaban J connectivity index is 1.95. The Morgan fingerprint density at radius 1 is 1.33 bits per heavy atom. The number of carbonyl (C=O) groups is 1. The van der Waals surface area contributed by atoms with Gasteiger partial charge in [0, 0.05) is 18.5 Å². The smallest absolute Gasteiger partial charge is 0.317 e. The molecule has 0 saturated carbocycles. The molecule has 24 heavy (non-hydrogen) atoms. The number of hydrogen-bond acceptors (Lipinski definition) is 4. The predicted octanol–water partition coefficient (Wildman–Crippen LogP) is 3.89. The van der Waals surface area contributed by atoms with E-state index in [4.69, 9.17) is 4.74 Å². The molecule has 0 saturated heterocycles. The predicted molar refractivity (Wildman–Crippen MR) is 97.5 cm³/mol. The number of rotatable bonds is 7. The maximum absolute atomic E-state index is 11.9. The summed E-state index contributed by atoms with van der Waals surface area (Å²) in [5.74, 6) is 0.893. The second kappa shape index (κ2) is 8.68. The quantitative estimate of drug-likeness (QED) is 0.827. The monoisotopic (exact) mass is 347 g/mol. The largest absolute Gasteiger partial charge is 0.486 e. The van der Waals surface area contributed by atoms with Crippen LogP contribution >= 0.6 is 11.3 Å². The van der Waals surface area contributed by atoms with Gasteiger partial charge in [0.15, 0.2) is 0 Å². The van der Waals surface area contributed by atoms with E-state index in [1.54, 1.807) is 16.2 Å². The third-order valence-electron chi connectivity index (χ3n) is 3.86. The molecule has 0 fully saturated rings. The van der Waals surface area contributed by atoms with Crippen LogP contribution in [0, 0.1) is 13.8 Å². The van der Waals surface area contributed by atoms with Crippen molar-refractivity contribution in [3.63, 3.8) is 0 Å². The summed E-state index contributed by atoms with van der Waals surface area (Å²) < 4.78 is 5.89. The number of thiazole rings is 1. The lowest BCUT2D eigenvalue weighted by atomic mass is 10.1. The average Bonchev–Trinajstić information content (AvgIpc) is 3.01. The average molecular weight is 347 g/mol. The van der Waals surface area contributed by atoms with Crippen LogP contribution in [0.4, 0.5) is 4.79 Å². The van der Waals surface area contributed by atoms with Gasteiger partial charge in [0.25, 0.3) is 0 Å². The van der Waals surface area contributed by atoms with Crippen molar-refractivity contribution in [2.24, 2.45) is 0 Å². The van der Waals surface area contributed by atoms with E-state index < -0.39 is 0 Å². The second-order valence-electron chi connectivity index (χ2n) is 5.57. The van der Waals surface area contributed by atoms with Gasteiger partial charge in [-0.1, -0.05) is 12.1 Å². The Bertz CT molecular complexity index is 685. The highest BCUT2D eigenvalue weighted by atomic mass is 32.1. The molecule has 6 heteroatoms. The maximum atomic E-state index is 11.9. The normalized spacial score (nSPS) is 10.5. The van der Waals surface area contributed by atoms with Crippen LogP contribution in [0.25, 0.3) is 0 Å². The summed E-state index contributed by atoms with van der Waals surface area (Å²) in [6.07, 6.45) is 0. The highest BCUT2D eigenvalue weighted by Gasteiger charge is 2.13. The fourth-order valence-corrected chi connectivity index (χ4v) is 2.99. The van der Waals surface area contributed by atoms with Crippen molar-refractivity contribution in [3.05, 3.63) is 45.4 Å². The molecule has 0 aliphatic carbocycles. The molecule has 0 spiro atoms. The van der Waals surface area contributed by atoms with Crippen LogP contribution in [0.15, 0.2) is 23.6 Å². The molecular formula is C18H25N3O2S. The van der Waals surface area contributed by atoms with Crippen molar-refractivity contribution in [2.75, 3.05) is 13.1 Å². The molecule has 5 nitrogen and oxygen atoms in total. The van der Waals surface area contributed by atoms with E-state index in [1.807, 2.05) is 31.4 Å². The van der Waals surface area contributed by atoms with Crippen molar-refractivity contribution < 1.29 is 9.53 Å². The van der Waals surface area contributed by atoms with E-state index in [9.17, 15) is 4.79 Å². The molecule has 0 radical (unpaired) electrons. The Hall–Kier alpha value is -2.08. The van der Waals surface area contributed by atoms with Gasteiger partial charge in [-0.05, 0) is 44.9 Å². The zero-order valence-corrected chi connectivity index (χ0v) is 15.6. The molecule has 2 rings (SSSR count). The summed E-state index contributed by atoms with van der Waals surface area (Å²) >= 11 is 1.56. The lowest BCUT2D eigenvalue weighted by Crippen LogP contribution is -2.39. The number of urea groups is 1. The molecule has 0 aliphatic rings. The third kappa shape index (κ3) is 4.71. The molecule has 0 unspecified atom stereocenters.